The fourth-order valence-corrected chi connectivity index (χ4v) is 1.20. The minimum absolute atomic E-state index is 0.423. The van der Waals surface area contributed by atoms with E-state index < -0.39 is 11.8 Å². The van der Waals surface area contributed by atoms with Gasteiger partial charge in [-0.15, -0.1) is 0 Å². The summed E-state index contributed by atoms with van der Waals surface area (Å²) in [6.45, 7) is 1.30. The Labute approximate surface area is 71.9 Å². The van der Waals surface area contributed by atoms with Crippen molar-refractivity contribution in [3.8, 4) is 0 Å². The summed E-state index contributed by atoms with van der Waals surface area (Å²) in [6.07, 6.45) is 4.02. The molecule has 0 aliphatic carbocycles. The maximum absolute atomic E-state index is 11.2. The highest BCUT2D eigenvalue weighted by Crippen LogP contribution is 2.07. The molecule has 0 aromatic heterocycles. The highest BCUT2D eigenvalue weighted by molar-refractivity contribution is 6.34. The van der Waals surface area contributed by atoms with Crippen LogP contribution >= 0.6 is 0 Å². The molecule has 12 heavy (non-hydrogen) atoms. The first kappa shape index (κ1) is 9.03. The van der Waals surface area contributed by atoms with Crippen LogP contribution in [0.5, 0.6) is 0 Å². The van der Waals surface area contributed by atoms with Gasteiger partial charge in [-0.2, -0.15) is 0 Å². The Bertz CT molecular complexity index is 185. The summed E-state index contributed by atoms with van der Waals surface area (Å²) in [4.78, 5) is 23.7. The van der Waals surface area contributed by atoms with E-state index in [4.69, 9.17) is 0 Å². The topological polar surface area (TPSA) is 49.4 Å². The zero-order valence-electron chi connectivity index (χ0n) is 7.17. The molecule has 1 saturated heterocycles. The number of rotatable bonds is 0. The second-order valence-corrected chi connectivity index (χ2v) is 2.76. The molecule has 2 amide bonds. The predicted molar refractivity (Wildman–Crippen MR) is 44.2 cm³/mol. The molecule has 0 spiro atoms. The van der Waals surface area contributed by atoms with E-state index in [0.717, 1.165) is 12.8 Å². The van der Waals surface area contributed by atoms with Gasteiger partial charge in [0, 0.05) is 20.1 Å². The van der Waals surface area contributed by atoms with E-state index in [-0.39, 0.29) is 0 Å². The Morgan fingerprint density at radius 1 is 1.50 bits per heavy atom. The number of hydrogen-bond acceptors (Lipinski definition) is 2. The third-order valence-corrected chi connectivity index (χ3v) is 1.89. The van der Waals surface area contributed by atoms with Crippen LogP contribution in [0.2, 0.25) is 0 Å². The molecule has 1 N–H and O–H groups in total. The van der Waals surface area contributed by atoms with E-state index in [0.29, 0.717) is 13.1 Å². The van der Waals surface area contributed by atoms with E-state index in [9.17, 15) is 9.59 Å². The van der Waals surface area contributed by atoms with Crippen molar-refractivity contribution in [1.29, 1.82) is 0 Å². The van der Waals surface area contributed by atoms with Gasteiger partial charge in [0.2, 0.25) is 0 Å². The predicted octanol–water partition coefficient (Wildman–Crippen LogP) is -0.441. The first-order chi connectivity index (χ1) is 5.75. The number of hydrogen-bond donors (Lipinski definition) is 1. The third kappa shape index (κ3) is 1.96. The van der Waals surface area contributed by atoms with Gasteiger partial charge in [0.25, 0.3) is 0 Å². The molecule has 0 aromatic carbocycles. The van der Waals surface area contributed by atoms with Crippen LogP contribution in [0.1, 0.15) is 12.8 Å². The lowest BCUT2D eigenvalue weighted by Gasteiger charge is -2.25. The van der Waals surface area contributed by atoms with Crippen LogP contribution in [0.15, 0.2) is 0 Å². The average Bonchev–Trinajstić information content (AvgIpc) is 2.17. The van der Waals surface area contributed by atoms with Gasteiger partial charge >= 0.3 is 11.8 Å². The average molecular weight is 169 g/mol. The highest BCUT2D eigenvalue weighted by atomic mass is 16.2. The molecular weight excluding hydrogens is 156 g/mol. The van der Waals surface area contributed by atoms with E-state index >= 15 is 0 Å². The van der Waals surface area contributed by atoms with Gasteiger partial charge < -0.3 is 10.2 Å². The lowest BCUT2D eigenvalue weighted by molar-refractivity contribution is -0.145. The van der Waals surface area contributed by atoms with Gasteiger partial charge in [-0.25, -0.2) is 0 Å². The number of likely N-dealkylation sites (tertiary alicyclic amines) is 1. The van der Waals surface area contributed by atoms with Crippen molar-refractivity contribution in [1.82, 2.24) is 10.2 Å². The molecule has 0 saturated carbocycles. The van der Waals surface area contributed by atoms with Gasteiger partial charge in [0.1, 0.15) is 0 Å². The molecule has 0 aromatic rings. The molecule has 1 aliphatic rings. The van der Waals surface area contributed by atoms with E-state index in [1.165, 1.54) is 7.05 Å². The van der Waals surface area contributed by atoms with E-state index in [1.54, 1.807) is 4.90 Å². The largest absolute Gasteiger partial charge is 0.351 e. The molecule has 1 rings (SSSR count). The van der Waals surface area contributed by atoms with Gasteiger partial charge in [-0.3, -0.25) is 9.59 Å². The lowest BCUT2D eigenvalue weighted by Crippen LogP contribution is -2.44. The number of carbonyl (C=O) groups excluding carboxylic acids is 2. The highest BCUT2D eigenvalue weighted by Gasteiger charge is 2.21. The number of amides is 2. The maximum Gasteiger partial charge on any atom is 0.311 e. The molecular formula is C8H13N2O2. The molecule has 0 bridgehead atoms. The first-order valence-electron chi connectivity index (χ1n) is 4.08. The van der Waals surface area contributed by atoms with Crippen LogP contribution in [0.4, 0.5) is 0 Å². The molecule has 67 valence electrons. The standard InChI is InChI=1S/C8H13N2O2/c1-9-7(11)8(12)10-5-3-2-4-6-10/h3H,2,4-6H2,1H3,(H,9,11). The quantitative estimate of drug-likeness (QED) is 0.500. The Balaban J connectivity index is 2.45. The molecule has 4 heteroatoms. The van der Waals surface area contributed by atoms with Gasteiger partial charge in [0.05, 0.1) is 0 Å². The SMILES string of the molecule is CNC(=O)C(=O)N1C[CH]CCC1. The summed E-state index contributed by atoms with van der Waals surface area (Å²) in [5.74, 6) is -0.946. The number of nitrogens with one attached hydrogen (secondary N) is 1. The zero-order valence-corrected chi connectivity index (χ0v) is 7.17. The summed E-state index contributed by atoms with van der Waals surface area (Å²) in [6, 6.07) is 0. The van der Waals surface area contributed by atoms with Crippen molar-refractivity contribution < 1.29 is 9.59 Å². The van der Waals surface area contributed by atoms with Crippen molar-refractivity contribution in [3.63, 3.8) is 0 Å². The van der Waals surface area contributed by atoms with Crippen molar-refractivity contribution in [2.45, 2.75) is 12.8 Å². The van der Waals surface area contributed by atoms with Crippen molar-refractivity contribution >= 4 is 11.8 Å². The molecule has 1 aliphatic heterocycles. The summed E-state index contributed by atoms with van der Waals surface area (Å²) < 4.78 is 0. The van der Waals surface area contributed by atoms with Gasteiger partial charge in [0.15, 0.2) is 0 Å². The molecule has 0 unspecified atom stereocenters. The minimum Gasteiger partial charge on any atom is -0.351 e. The second kappa shape index (κ2) is 4.09. The Kier molecular flexibility index (Phi) is 3.08. The van der Waals surface area contributed by atoms with Crippen LogP contribution in [0, 0.1) is 6.42 Å². The first-order valence-corrected chi connectivity index (χ1v) is 4.08. The van der Waals surface area contributed by atoms with Crippen molar-refractivity contribution in [2.75, 3.05) is 20.1 Å². The fraction of sp³-hybridized carbons (Fsp3) is 0.625. The monoisotopic (exact) mass is 169 g/mol. The zero-order chi connectivity index (χ0) is 8.97. The normalized spacial score (nSPS) is 17.2. The molecule has 1 fully saturated rings. The molecule has 1 heterocycles. The van der Waals surface area contributed by atoms with Crippen LogP contribution in [0.25, 0.3) is 0 Å². The number of nitrogens with zero attached hydrogens (tertiary/aromatic N) is 1. The Morgan fingerprint density at radius 3 is 2.75 bits per heavy atom. The van der Waals surface area contributed by atoms with Crippen molar-refractivity contribution in [3.05, 3.63) is 6.42 Å². The van der Waals surface area contributed by atoms with Gasteiger partial charge in [-0.1, -0.05) is 0 Å². The number of carbonyl (C=O) groups is 2. The number of piperidine rings is 1. The molecule has 0 atom stereocenters. The smallest absolute Gasteiger partial charge is 0.311 e. The Morgan fingerprint density at radius 2 is 2.25 bits per heavy atom. The second-order valence-electron chi connectivity index (χ2n) is 2.76. The van der Waals surface area contributed by atoms with E-state index in [2.05, 4.69) is 5.32 Å². The van der Waals surface area contributed by atoms with Gasteiger partial charge in [-0.05, 0) is 19.3 Å². The van der Waals surface area contributed by atoms with Crippen LogP contribution in [0.3, 0.4) is 0 Å². The van der Waals surface area contributed by atoms with E-state index in [1.807, 2.05) is 6.42 Å². The summed E-state index contributed by atoms with van der Waals surface area (Å²) in [5.41, 5.74) is 0. The lowest BCUT2D eigenvalue weighted by atomic mass is 10.1. The molecule has 4 nitrogen and oxygen atoms in total. The summed E-state index contributed by atoms with van der Waals surface area (Å²) in [7, 11) is 1.47. The van der Waals surface area contributed by atoms with Crippen molar-refractivity contribution in [2.24, 2.45) is 0 Å². The number of likely N-dealkylation sites (N-methyl/N-ethyl adjacent to an activating group) is 1. The summed E-state index contributed by atoms with van der Waals surface area (Å²) in [5, 5.41) is 2.32. The minimum atomic E-state index is -0.523. The third-order valence-electron chi connectivity index (χ3n) is 1.89. The molecule has 1 radical (unpaired) electrons. The van der Waals surface area contributed by atoms with Crippen LogP contribution in [-0.2, 0) is 9.59 Å². The maximum atomic E-state index is 11.2. The van der Waals surface area contributed by atoms with Crippen LogP contribution in [-0.4, -0.2) is 36.9 Å². The Hall–Kier alpha value is -1.06. The fourth-order valence-electron chi connectivity index (χ4n) is 1.20. The van der Waals surface area contributed by atoms with Crippen LogP contribution < -0.4 is 5.32 Å². The summed E-state index contributed by atoms with van der Waals surface area (Å²) >= 11 is 0.